The first-order valence-corrected chi connectivity index (χ1v) is 10.8. The van der Waals surface area contributed by atoms with E-state index in [4.69, 9.17) is 39.2 Å². The number of amides is 1. The highest BCUT2D eigenvalue weighted by molar-refractivity contribution is 7.99. The highest BCUT2D eigenvalue weighted by Gasteiger charge is 2.18. The van der Waals surface area contributed by atoms with Crippen molar-refractivity contribution in [2.45, 2.75) is 5.22 Å². The number of carbonyl (C=O) groups excluding carboxylic acids is 1. The smallest absolute Gasteiger partial charge is 0.277 e. The molecule has 0 unspecified atom stereocenters. The molecular formula is C18H10Cl3N3O2S2. The molecule has 0 saturated heterocycles. The number of nitrogens with one attached hydrogen (secondary N) is 1. The van der Waals surface area contributed by atoms with Crippen LogP contribution in [0, 0.1) is 0 Å². The van der Waals surface area contributed by atoms with Gasteiger partial charge < -0.3 is 9.73 Å². The lowest BCUT2D eigenvalue weighted by molar-refractivity contribution is -0.113. The molecule has 0 radical (unpaired) electrons. The molecule has 4 aromatic rings. The number of anilines is 1. The maximum Gasteiger partial charge on any atom is 0.277 e. The Labute approximate surface area is 183 Å². The number of hydrogen-bond acceptors (Lipinski definition) is 6. The Balaban J connectivity index is 1.45. The molecule has 0 aliphatic rings. The minimum atomic E-state index is -0.292. The van der Waals surface area contributed by atoms with E-state index in [1.165, 1.54) is 11.3 Å². The summed E-state index contributed by atoms with van der Waals surface area (Å²) in [5.74, 6) is 0.0893. The molecule has 2 heterocycles. The minimum Gasteiger partial charge on any atom is -0.410 e. The number of para-hydroxylation sites is 1. The van der Waals surface area contributed by atoms with Crippen molar-refractivity contribution in [2.75, 3.05) is 11.1 Å². The third kappa shape index (κ3) is 3.99. The summed E-state index contributed by atoms with van der Waals surface area (Å²) in [4.78, 5) is 12.9. The molecule has 0 spiro atoms. The largest absolute Gasteiger partial charge is 0.410 e. The zero-order chi connectivity index (χ0) is 19.7. The van der Waals surface area contributed by atoms with Crippen molar-refractivity contribution in [3.8, 4) is 10.8 Å². The highest BCUT2D eigenvalue weighted by Crippen LogP contribution is 2.41. The van der Waals surface area contributed by atoms with Gasteiger partial charge in [0.25, 0.3) is 11.1 Å². The Kier molecular flexibility index (Phi) is 5.80. The fourth-order valence-electron chi connectivity index (χ4n) is 2.43. The van der Waals surface area contributed by atoms with Gasteiger partial charge in [-0.3, -0.25) is 4.79 Å². The van der Waals surface area contributed by atoms with Gasteiger partial charge in [0.1, 0.15) is 4.88 Å². The maximum atomic E-state index is 12.2. The van der Waals surface area contributed by atoms with E-state index < -0.39 is 0 Å². The highest BCUT2D eigenvalue weighted by atomic mass is 35.5. The van der Waals surface area contributed by atoms with Gasteiger partial charge in [-0.05, 0) is 18.2 Å². The summed E-state index contributed by atoms with van der Waals surface area (Å²) < 4.78 is 6.70. The van der Waals surface area contributed by atoms with E-state index in [0.717, 1.165) is 21.8 Å². The van der Waals surface area contributed by atoms with Gasteiger partial charge >= 0.3 is 0 Å². The summed E-state index contributed by atoms with van der Waals surface area (Å²) >= 11 is 21.1. The number of thioether (sulfide) groups is 1. The van der Waals surface area contributed by atoms with Gasteiger partial charge in [-0.2, -0.15) is 0 Å². The number of nitrogens with zero attached hydrogens (tertiary/aromatic N) is 2. The third-order valence-corrected chi connectivity index (χ3v) is 6.80. The van der Waals surface area contributed by atoms with Gasteiger partial charge in [-0.25, -0.2) is 0 Å². The third-order valence-electron chi connectivity index (χ3n) is 3.69. The SMILES string of the molecule is O=C(CSc1nnc(-c2sc3ccccc3c2Cl)o1)Nc1c(Cl)cccc1Cl. The average Bonchev–Trinajstić information content (AvgIpc) is 3.28. The molecule has 2 aromatic heterocycles. The van der Waals surface area contributed by atoms with Crippen LogP contribution in [0.25, 0.3) is 20.9 Å². The summed E-state index contributed by atoms with van der Waals surface area (Å²) in [7, 11) is 0. The molecule has 10 heteroatoms. The quantitative estimate of drug-likeness (QED) is 0.331. The number of fused-ring (bicyclic) bond motifs is 1. The van der Waals surface area contributed by atoms with Crippen LogP contribution in [0.2, 0.25) is 15.1 Å². The summed E-state index contributed by atoms with van der Waals surface area (Å²) in [6, 6.07) is 12.8. The molecule has 1 amide bonds. The van der Waals surface area contributed by atoms with Crippen molar-refractivity contribution in [1.82, 2.24) is 10.2 Å². The first-order chi connectivity index (χ1) is 13.5. The van der Waals surface area contributed by atoms with E-state index >= 15 is 0 Å². The van der Waals surface area contributed by atoms with Crippen LogP contribution in [0.5, 0.6) is 0 Å². The molecule has 2 aromatic carbocycles. The molecule has 5 nitrogen and oxygen atoms in total. The Morgan fingerprint density at radius 1 is 1.07 bits per heavy atom. The number of rotatable bonds is 5. The van der Waals surface area contributed by atoms with Crippen LogP contribution in [-0.2, 0) is 4.79 Å². The van der Waals surface area contributed by atoms with Crippen molar-refractivity contribution in [3.63, 3.8) is 0 Å². The number of hydrogen-bond donors (Lipinski definition) is 1. The minimum absolute atomic E-state index is 0.0589. The molecule has 1 N–H and O–H groups in total. The molecule has 142 valence electrons. The van der Waals surface area contributed by atoms with Crippen molar-refractivity contribution in [1.29, 1.82) is 0 Å². The fourth-order valence-corrected chi connectivity index (χ4v) is 4.92. The second-order valence-corrected chi connectivity index (χ2v) is 8.72. The monoisotopic (exact) mass is 469 g/mol. The Morgan fingerprint density at radius 2 is 1.82 bits per heavy atom. The predicted molar refractivity (Wildman–Crippen MR) is 116 cm³/mol. The predicted octanol–water partition coefficient (Wildman–Crippen LogP) is 6.64. The van der Waals surface area contributed by atoms with E-state index in [1.807, 2.05) is 24.3 Å². The van der Waals surface area contributed by atoms with Crippen LogP contribution in [0.15, 0.2) is 52.1 Å². The molecule has 0 atom stereocenters. The normalized spacial score (nSPS) is 11.1. The summed E-state index contributed by atoms with van der Waals surface area (Å²) in [6.07, 6.45) is 0. The molecule has 4 rings (SSSR count). The zero-order valence-electron chi connectivity index (χ0n) is 13.9. The molecular weight excluding hydrogens is 461 g/mol. The van der Waals surface area contributed by atoms with Gasteiger partial charge in [0.15, 0.2) is 0 Å². The Hall–Kier alpha value is -1.77. The molecule has 0 aliphatic carbocycles. The van der Waals surface area contributed by atoms with Gasteiger partial charge in [0, 0.05) is 10.1 Å². The first kappa shape index (κ1) is 19.5. The van der Waals surface area contributed by atoms with Crippen molar-refractivity contribution >= 4 is 79.6 Å². The second-order valence-electron chi connectivity index (χ2n) is 5.55. The van der Waals surface area contributed by atoms with E-state index in [2.05, 4.69) is 15.5 Å². The van der Waals surface area contributed by atoms with Crippen LogP contribution >= 0.6 is 57.9 Å². The summed E-state index contributed by atoms with van der Waals surface area (Å²) in [5.41, 5.74) is 0.375. The van der Waals surface area contributed by atoms with E-state index in [-0.39, 0.29) is 16.9 Å². The second kappa shape index (κ2) is 8.31. The van der Waals surface area contributed by atoms with Crippen molar-refractivity contribution < 1.29 is 9.21 Å². The van der Waals surface area contributed by atoms with Crippen LogP contribution < -0.4 is 5.32 Å². The summed E-state index contributed by atoms with van der Waals surface area (Å²) in [6.45, 7) is 0. The number of aromatic nitrogens is 2. The Morgan fingerprint density at radius 3 is 2.57 bits per heavy atom. The van der Waals surface area contributed by atoms with E-state index in [9.17, 15) is 4.79 Å². The molecule has 0 saturated carbocycles. The topological polar surface area (TPSA) is 68.0 Å². The lowest BCUT2D eigenvalue weighted by Crippen LogP contribution is -2.14. The molecule has 28 heavy (non-hydrogen) atoms. The standard InChI is InChI=1S/C18H10Cl3N3O2S2/c19-10-5-3-6-11(20)15(10)22-13(25)8-27-18-24-23-17(26-18)16-14(21)9-4-1-2-7-12(9)28-16/h1-7H,8H2,(H,22,25). The van der Waals surface area contributed by atoms with Crippen LogP contribution in [0.3, 0.4) is 0 Å². The lowest BCUT2D eigenvalue weighted by atomic mass is 10.2. The lowest BCUT2D eigenvalue weighted by Gasteiger charge is -2.08. The zero-order valence-corrected chi connectivity index (χ0v) is 17.8. The van der Waals surface area contributed by atoms with E-state index in [0.29, 0.717) is 31.5 Å². The molecule has 0 aliphatic heterocycles. The van der Waals surface area contributed by atoms with Gasteiger partial charge in [-0.15, -0.1) is 21.5 Å². The molecule has 0 fully saturated rings. The number of halogens is 3. The van der Waals surface area contributed by atoms with Crippen molar-refractivity contribution in [2.24, 2.45) is 0 Å². The molecule has 0 bridgehead atoms. The fraction of sp³-hybridized carbons (Fsp3) is 0.0556. The van der Waals surface area contributed by atoms with Crippen LogP contribution in [0.4, 0.5) is 5.69 Å². The average molecular weight is 471 g/mol. The Bertz CT molecular complexity index is 1160. The van der Waals surface area contributed by atoms with Gasteiger partial charge in [-0.1, -0.05) is 70.8 Å². The van der Waals surface area contributed by atoms with Crippen LogP contribution in [-0.4, -0.2) is 21.9 Å². The maximum absolute atomic E-state index is 12.2. The van der Waals surface area contributed by atoms with Crippen LogP contribution in [0.1, 0.15) is 0 Å². The van der Waals surface area contributed by atoms with Gasteiger partial charge in [0.05, 0.1) is 26.5 Å². The van der Waals surface area contributed by atoms with Crippen molar-refractivity contribution in [3.05, 3.63) is 57.5 Å². The number of carbonyl (C=O) groups is 1. The van der Waals surface area contributed by atoms with E-state index in [1.54, 1.807) is 18.2 Å². The summed E-state index contributed by atoms with van der Waals surface area (Å²) in [5, 5.41) is 13.2. The first-order valence-electron chi connectivity index (χ1n) is 7.90. The van der Waals surface area contributed by atoms with Gasteiger partial charge in [0.2, 0.25) is 5.91 Å². The number of benzene rings is 2. The number of thiophene rings is 1.